The highest BCUT2D eigenvalue weighted by Gasteiger charge is 2.13. The van der Waals surface area contributed by atoms with Gasteiger partial charge in [-0.2, -0.15) is 0 Å². The third-order valence-corrected chi connectivity index (χ3v) is 0.591. The largest absolute Gasteiger partial charge is 0.414 e. The highest BCUT2D eigenvalue weighted by Crippen LogP contribution is 1.76. The summed E-state index contributed by atoms with van der Waals surface area (Å²) in [6.07, 6.45) is -1.01. The fourth-order valence-electron chi connectivity index (χ4n) is 0.186. The lowest BCUT2D eigenvalue weighted by molar-refractivity contribution is -0.148. The number of carbonyl (C=O) groups is 3. The molecule has 0 aliphatic rings. The zero-order valence-corrected chi connectivity index (χ0v) is 5.21. The number of esters is 1. The number of hydrogen-bond donors (Lipinski definition) is 2. The highest BCUT2D eigenvalue weighted by atomic mass is 16.6. The third kappa shape index (κ3) is 2.65. The van der Waals surface area contributed by atoms with Crippen LogP contribution in [0.15, 0.2) is 0 Å². The zero-order chi connectivity index (χ0) is 8.15. The normalized spacial score (nSPS) is 8.10. The van der Waals surface area contributed by atoms with Gasteiger partial charge in [-0.1, -0.05) is 0 Å². The van der Waals surface area contributed by atoms with Crippen LogP contribution in [0.5, 0.6) is 0 Å². The van der Waals surface area contributed by atoms with E-state index in [-0.39, 0.29) is 0 Å². The van der Waals surface area contributed by atoms with Gasteiger partial charge in [0.25, 0.3) is 0 Å². The maximum Gasteiger partial charge on any atom is 0.414 e. The molecule has 0 heterocycles. The van der Waals surface area contributed by atoms with Gasteiger partial charge in [-0.3, -0.25) is 4.79 Å². The SMILES string of the molecule is CNC(=O)OC(=O)C(N)=O. The molecule has 0 atom stereocenters. The van der Waals surface area contributed by atoms with E-state index in [9.17, 15) is 14.4 Å². The Hall–Kier alpha value is -1.59. The van der Waals surface area contributed by atoms with Crippen molar-refractivity contribution in [3.63, 3.8) is 0 Å². The minimum atomic E-state index is -1.38. The number of alkyl carbamates (subject to hydrolysis) is 1. The number of amides is 2. The highest BCUT2D eigenvalue weighted by molar-refractivity contribution is 6.33. The molecule has 0 saturated heterocycles. The predicted molar refractivity (Wildman–Crippen MR) is 29.7 cm³/mol. The Morgan fingerprint density at radius 3 is 2.20 bits per heavy atom. The van der Waals surface area contributed by atoms with Crippen molar-refractivity contribution in [3.8, 4) is 0 Å². The minimum Gasteiger partial charge on any atom is -0.369 e. The lowest BCUT2D eigenvalue weighted by atomic mass is 10.7. The van der Waals surface area contributed by atoms with Gasteiger partial charge in [0.1, 0.15) is 0 Å². The summed E-state index contributed by atoms with van der Waals surface area (Å²) in [4.78, 5) is 30.2. The van der Waals surface area contributed by atoms with E-state index in [2.05, 4.69) is 10.5 Å². The van der Waals surface area contributed by atoms with Gasteiger partial charge in [0.2, 0.25) is 0 Å². The van der Waals surface area contributed by atoms with Crippen LogP contribution in [-0.4, -0.2) is 25.0 Å². The summed E-state index contributed by atoms with van der Waals surface area (Å²) in [7, 11) is 1.25. The maximum atomic E-state index is 10.2. The summed E-state index contributed by atoms with van der Waals surface area (Å²) in [6, 6.07) is 0. The average Bonchev–Trinajstić information content (AvgIpc) is 1.87. The molecule has 0 aliphatic heterocycles. The van der Waals surface area contributed by atoms with E-state index in [0.29, 0.717) is 0 Å². The van der Waals surface area contributed by atoms with Crippen LogP contribution >= 0.6 is 0 Å². The molecule has 0 bridgehead atoms. The Morgan fingerprint density at radius 2 is 1.90 bits per heavy atom. The van der Waals surface area contributed by atoms with E-state index < -0.39 is 18.0 Å². The van der Waals surface area contributed by atoms with Crippen LogP contribution in [0.4, 0.5) is 4.79 Å². The van der Waals surface area contributed by atoms with Crippen LogP contribution in [0.3, 0.4) is 0 Å². The van der Waals surface area contributed by atoms with Crippen molar-refractivity contribution in [1.82, 2.24) is 5.32 Å². The summed E-state index contributed by atoms with van der Waals surface area (Å²) in [6.45, 7) is 0. The van der Waals surface area contributed by atoms with Crippen LogP contribution in [0, 0.1) is 0 Å². The number of nitrogens with two attached hydrogens (primary N) is 1. The third-order valence-electron chi connectivity index (χ3n) is 0.591. The van der Waals surface area contributed by atoms with Crippen molar-refractivity contribution in [2.45, 2.75) is 0 Å². The van der Waals surface area contributed by atoms with E-state index in [0.717, 1.165) is 0 Å². The monoisotopic (exact) mass is 146 g/mol. The van der Waals surface area contributed by atoms with Crippen molar-refractivity contribution < 1.29 is 19.1 Å². The molecule has 0 saturated carbocycles. The van der Waals surface area contributed by atoms with E-state index in [4.69, 9.17) is 0 Å². The van der Waals surface area contributed by atoms with Crippen LogP contribution in [0.2, 0.25) is 0 Å². The molecule has 10 heavy (non-hydrogen) atoms. The number of primary amides is 1. The van der Waals surface area contributed by atoms with Gasteiger partial charge in [-0.15, -0.1) is 0 Å². The summed E-state index contributed by atoms with van der Waals surface area (Å²) < 4.78 is 3.80. The van der Waals surface area contributed by atoms with Crippen LogP contribution in [0.1, 0.15) is 0 Å². The Morgan fingerprint density at radius 1 is 1.40 bits per heavy atom. The first-order chi connectivity index (χ1) is 4.57. The van der Waals surface area contributed by atoms with Crippen molar-refractivity contribution in [3.05, 3.63) is 0 Å². The Kier molecular flexibility index (Phi) is 2.89. The van der Waals surface area contributed by atoms with Crippen LogP contribution in [-0.2, 0) is 14.3 Å². The molecule has 0 fully saturated rings. The number of nitrogens with one attached hydrogen (secondary N) is 1. The van der Waals surface area contributed by atoms with Gasteiger partial charge in [0.15, 0.2) is 0 Å². The molecule has 0 aliphatic carbocycles. The topological polar surface area (TPSA) is 98.5 Å². The number of carbonyl (C=O) groups excluding carboxylic acids is 3. The van der Waals surface area contributed by atoms with Gasteiger partial charge >= 0.3 is 18.0 Å². The van der Waals surface area contributed by atoms with E-state index in [1.807, 2.05) is 5.32 Å². The first-order valence-corrected chi connectivity index (χ1v) is 2.31. The van der Waals surface area contributed by atoms with E-state index >= 15 is 0 Å². The second-order valence-corrected chi connectivity index (χ2v) is 1.29. The Bertz CT molecular complexity index is 176. The molecule has 0 aromatic rings. The molecular formula is C4H6N2O4. The molecular weight excluding hydrogens is 140 g/mol. The van der Waals surface area contributed by atoms with Gasteiger partial charge in [0, 0.05) is 7.05 Å². The first kappa shape index (κ1) is 8.41. The van der Waals surface area contributed by atoms with Gasteiger partial charge in [-0.25, -0.2) is 9.59 Å². The average molecular weight is 146 g/mol. The van der Waals surface area contributed by atoms with Gasteiger partial charge in [-0.05, 0) is 0 Å². The molecule has 0 aromatic heterocycles. The van der Waals surface area contributed by atoms with E-state index in [1.54, 1.807) is 0 Å². The van der Waals surface area contributed by atoms with Crippen LogP contribution in [0.25, 0.3) is 0 Å². The molecule has 6 nitrogen and oxygen atoms in total. The predicted octanol–water partition coefficient (Wildman–Crippen LogP) is -1.65. The molecule has 2 amide bonds. The Labute approximate surface area is 56.3 Å². The van der Waals surface area contributed by atoms with Gasteiger partial charge in [0.05, 0.1) is 0 Å². The summed E-state index contributed by atoms with van der Waals surface area (Å²) in [5.74, 6) is -2.68. The standard InChI is InChI=1S/C4H6N2O4/c1-6-4(9)10-3(8)2(5)7/h1H3,(H2,5,7)(H,6,9). The second-order valence-electron chi connectivity index (χ2n) is 1.29. The molecule has 0 spiro atoms. The minimum absolute atomic E-state index is 1.01. The van der Waals surface area contributed by atoms with Crippen molar-refractivity contribution >= 4 is 18.0 Å². The first-order valence-electron chi connectivity index (χ1n) is 2.31. The number of rotatable bonds is 0. The van der Waals surface area contributed by atoms with Crippen molar-refractivity contribution in [2.24, 2.45) is 5.73 Å². The smallest absolute Gasteiger partial charge is 0.369 e. The second kappa shape index (κ2) is 3.44. The van der Waals surface area contributed by atoms with E-state index in [1.165, 1.54) is 7.05 Å². The lowest BCUT2D eigenvalue weighted by Crippen LogP contribution is -2.31. The zero-order valence-electron chi connectivity index (χ0n) is 5.21. The molecule has 0 rings (SSSR count). The fraction of sp³-hybridized carbons (Fsp3) is 0.250. The quantitative estimate of drug-likeness (QED) is 0.243. The summed E-state index contributed by atoms with van der Waals surface area (Å²) >= 11 is 0. The molecule has 0 unspecified atom stereocenters. The number of ether oxygens (including phenoxy) is 1. The molecule has 0 radical (unpaired) electrons. The summed E-state index contributed by atoms with van der Waals surface area (Å²) in [5, 5.41) is 1.96. The fourth-order valence-corrected chi connectivity index (χ4v) is 0.186. The van der Waals surface area contributed by atoms with Crippen LogP contribution < -0.4 is 11.1 Å². The molecule has 6 heteroatoms. The molecule has 3 N–H and O–H groups in total. The van der Waals surface area contributed by atoms with Crippen molar-refractivity contribution in [1.29, 1.82) is 0 Å². The van der Waals surface area contributed by atoms with Crippen molar-refractivity contribution in [2.75, 3.05) is 7.05 Å². The maximum absolute atomic E-state index is 10.2. The Balaban J connectivity index is 3.80. The van der Waals surface area contributed by atoms with Gasteiger partial charge < -0.3 is 15.8 Å². The molecule has 0 aromatic carbocycles. The summed E-state index contributed by atoms with van der Waals surface area (Å²) in [5.41, 5.74) is 4.45. The number of hydrogen-bond acceptors (Lipinski definition) is 4. The lowest BCUT2D eigenvalue weighted by Gasteiger charge is -1.96. The molecule has 56 valence electrons.